The summed E-state index contributed by atoms with van der Waals surface area (Å²) in [6.45, 7) is 8.50. The molecule has 3 aromatic rings. The number of unbranched alkanes of at least 4 members (excludes halogenated alkanes) is 2. The van der Waals surface area contributed by atoms with Gasteiger partial charge >= 0.3 is 0 Å². The lowest BCUT2D eigenvalue weighted by Gasteiger charge is -2.21. The second-order valence-corrected chi connectivity index (χ2v) is 9.28. The van der Waals surface area contributed by atoms with Crippen LogP contribution in [0.15, 0.2) is 16.5 Å². The van der Waals surface area contributed by atoms with E-state index >= 15 is 0 Å². The maximum absolute atomic E-state index is 10.6. The van der Waals surface area contributed by atoms with Crippen LogP contribution in [0.2, 0.25) is 0 Å². The van der Waals surface area contributed by atoms with E-state index in [9.17, 15) is 15.3 Å². The van der Waals surface area contributed by atoms with E-state index in [0.717, 1.165) is 48.3 Å². The Labute approximate surface area is 199 Å². The number of aromatic nitrogens is 3. The fourth-order valence-corrected chi connectivity index (χ4v) is 4.74. The van der Waals surface area contributed by atoms with E-state index < -0.39 is 24.2 Å². The molecular formula is C25H35N5O4. The lowest BCUT2D eigenvalue weighted by molar-refractivity contribution is 0.00446. The van der Waals surface area contributed by atoms with E-state index in [1.807, 2.05) is 32.9 Å². The third-order valence-electron chi connectivity index (χ3n) is 6.56. The monoisotopic (exact) mass is 469 g/mol. The van der Waals surface area contributed by atoms with E-state index in [1.165, 1.54) is 0 Å². The number of fused-ring (bicyclic) bond motifs is 1. The lowest BCUT2D eigenvalue weighted by Crippen LogP contribution is -2.35. The fraction of sp³-hybridized carbons (Fsp3) is 0.560. The first kappa shape index (κ1) is 24.4. The van der Waals surface area contributed by atoms with Gasteiger partial charge in [-0.25, -0.2) is 4.98 Å². The summed E-state index contributed by atoms with van der Waals surface area (Å²) in [7, 11) is 0. The van der Waals surface area contributed by atoms with Crippen molar-refractivity contribution in [3.63, 3.8) is 0 Å². The normalized spacial score (nSPS) is 22.4. The molecule has 0 spiro atoms. The lowest BCUT2D eigenvalue weighted by atomic mass is 10.1. The van der Waals surface area contributed by atoms with Gasteiger partial charge in [0.1, 0.15) is 17.7 Å². The van der Waals surface area contributed by atoms with Crippen molar-refractivity contribution >= 4 is 22.7 Å². The molecule has 0 aromatic carbocycles. The van der Waals surface area contributed by atoms with Gasteiger partial charge in [0.2, 0.25) is 5.95 Å². The molecule has 1 aliphatic rings. The maximum Gasteiger partial charge on any atom is 0.224 e. The molecule has 3 aromatic heterocycles. The predicted molar refractivity (Wildman–Crippen MR) is 132 cm³/mol. The molecule has 4 unspecified atom stereocenters. The van der Waals surface area contributed by atoms with Crippen LogP contribution in [-0.2, 0) is 0 Å². The number of nitrogens with zero attached hydrogens (tertiary/aromatic N) is 3. The molecule has 1 saturated carbocycles. The molecule has 1 aliphatic carbocycles. The minimum absolute atomic E-state index is 0.189. The van der Waals surface area contributed by atoms with Gasteiger partial charge in [-0.1, -0.05) is 19.8 Å². The number of hydrogen-bond acceptors (Lipinski definition) is 9. The maximum atomic E-state index is 10.6. The van der Waals surface area contributed by atoms with Gasteiger partial charge in [-0.05, 0) is 45.7 Å². The molecule has 4 rings (SSSR count). The van der Waals surface area contributed by atoms with Crippen LogP contribution < -0.4 is 10.6 Å². The summed E-state index contributed by atoms with van der Waals surface area (Å²) in [6.07, 6.45) is 1.67. The number of pyridine rings is 1. The van der Waals surface area contributed by atoms with E-state index in [4.69, 9.17) is 9.40 Å². The zero-order valence-electron chi connectivity index (χ0n) is 20.3. The van der Waals surface area contributed by atoms with Crippen molar-refractivity contribution in [3.8, 4) is 11.3 Å². The highest BCUT2D eigenvalue weighted by molar-refractivity contribution is 5.87. The number of anilines is 2. The molecule has 3 heterocycles. The standard InChI is InChI=1S/C25H35N5O4/c1-5-6-7-8-26-25-28-14(3)20(19-11-16-9-13(2)27-15(4)23(16)34-19)24(30-25)29-18-10-17(12-31)21(32)22(18)33/h9,11,17-18,21-22,31-33H,5-8,10,12H2,1-4H3,(H2,26,28,29,30). The summed E-state index contributed by atoms with van der Waals surface area (Å²) in [6, 6.07) is 3.47. The molecule has 34 heavy (non-hydrogen) atoms. The minimum Gasteiger partial charge on any atom is -0.454 e. The number of hydrogen-bond donors (Lipinski definition) is 5. The summed E-state index contributed by atoms with van der Waals surface area (Å²) in [5, 5.41) is 38.0. The van der Waals surface area contributed by atoms with Crippen molar-refractivity contribution in [1.29, 1.82) is 0 Å². The molecule has 9 nitrogen and oxygen atoms in total. The van der Waals surface area contributed by atoms with Crippen LogP contribution in [0.3, 0.4) is 0 Å². The van der Waals surface area contributed by atoms with Crippen molar-refractivity contribution < 1.29 is 19.7 Å². The zero-order chi connectivity index (χ0) is 24.4. The molecule has 5 N–H and O–H groups in total. The first-order valence-electron chi connectivity index (χ1n) is 12.1. The molecule has 0 saturated heterocycles. The SMILES string of the molecule is CCCCCNc1nc(C)c(-c2cc3cc(C)nc(C)c3o2)c(NC2CC(CO)C(O)C2O)n1. The predicted octanol–water partition coefficient (Wildman–Crippen LogP) is 3.33. The minimum atomic E-state index is -1.02. The van der Waals surface area contributed by atoms with Crippen molar-refractivity contribution in [3.05, 3.63) is 29.2 Å². The van der Waals surface area contributed by atoms with E-state index in [-0.39, 0.29) is 6.61 Å². The smallest absolute Gasteiger partial charge is 0.224 e. The fourth-order valence-electron chi connectivity index (χ4n) is 4.74. The molecule has 0 amide bonds. The Morgan fingerprint density at radius 3 is 2.53 bits per heavy atom. The van der Waals surface area contributed by atoms with Gasteiger partial charge in [-0.2, -0.15) is 4.98 Å². The van der Waals surface area contributed by atoms with Gasteiger partial charge in [0, 0.05) is 30.1 Å². The van der Waals surface area contributed by atoms with Crippen molar-refractivity contribution in [2.24, 2.45) is 5.92 Å². The molecule has 1 fully saturated rings. The Balaban J connectivity index is 1.73. The second-order valence-electron chi connectivity index (χ2n) is 9.28. The van der Waals surface area contributed by atoms with Gasteiger partial charge in [0.25, 0.3) is 0 Å². The number of furan rings is 1. The van der Waals surface area contributed by atoms with Gasteiger partial charge < -0.3 is 30.4 Å². The first-order valence-corrected chi connectivity index (χ1v) is 12.1. The first-order chi connectivity index (χ1) is 16.3. The topological polar surface area (TPSA) is 137 Å². The van der Waals surface area contributed by atoms with E-state index in [1.54, 1.807) is 0 Å². The second kappa shape index (κ2) is 10.2. The van der Waals surface area contributed by atoms with Crippen LogP contribution in [0.25, 0.3) is 22.3 Å². The molecule has 0 bridgehead atoms. The van der Waals surface area contributed by atoms with Crippen LogP contribution in [-0.4, -0.2) is 61.7 Å². The molecule has 184 valence electrons. The highest BCUT2D eigenvalue weighted by atomic mass is 16.3. The van der Waals surface area contributed by atoms with E-state index in [2.05, 4.69) is 27.5 Å². The van der Waals surface area contributed by atoms with Crippen LogP contribution in [0, 0.1) is 26.7 Å². The Morgan fingerprint density at radius 2 is 1.82 bits per heavy atom. The number of nitrogens with one attached hydrogen (secondary N) is 2. The summed E-state index contributed by atoms with van der Waals surface area (Å²) in [5.41, 5.74) is 3.85. The van der Waals surface area contributed by atoms with Gasteiger partial charge in [0.05, 0.1) is 29.1 Å². The van der Waals surface area contributed by atoms with Crippen molar-refractivity contribution in [1.82, 2.24) is 15.0 Å². The van der Waals surface area contributed by atoms with Crippen molar-refractivity contribution in [2.75, 3.05) is 23.8 Å². The van der Waals surface area contributed by atoms with Gasteiger partial charge in [-0.15, -0.1) is 0 Å². The van der Waals surface area contributed by atoms with Crippen molar-refractivity contribution in [2.45, 2.75) is 71.6 Å². The van der Waals surface area contributed by atoms with Gasteiger partial charge in [0.15, 0.2) is 5.58 Å². The Hall–Kier alpha value is -2.75. The summed E-state index contributed by atoms with van der Waals surface area (Å²) in [5.74, 6) is 1.22. The Kier molecular flexibility index (Phi) is 7.35. The molecular weight excluding hydrogens is 434 g/mol. The number of aliphatic hydroxyl groups is 3. The quantitative estimate of drug-likeness (QED) is 0.299. The third kappa shape index (κ3) is 4.87. The highest BCUT2D eigenvalue weighted by Crippen LogP contribution is 2.37. The van der Waals surface area contributed by atoms with Gasteiger partial charge in [-0.3, -0.25) is 4.98 Å². The van der Waals surface area contributed by atoms with E-state index in [0.29, 0.717) is 35.1 Å². The average molecular weight is 470 g/mol. The van der Waals surface area contributed by atoms with Crippen LogP contribution in [0.1, 0.15) is 49.7 Å². The summed E-state index contributed by atoms with van der Waals surface area (Å²) >= 11 is 0. The number of aryl methyl sites for hydroxylation is 3. The molecule has 0 aliphatic heterocycles. The third-order valence-corrected chi connectivity index (χ3v) is 6.56. The molecule has 9 heteroatoms. The zero-order valence-corrected chi connectivity index (χ0v) is 20.3. The largest absolute Gasteiger partial charge is 0.454 e. The molecule has 0 radical (unpaired) electrons. The summed E-state index contributed by atoms with van der Waals surface area (Å²) in [4.78, 5) is 13.9. The number of rotatable bonds is 9. The van der Waals surface area contributed by atoms with Crippen LogP contribution >= 0.6 is 0 Å². The summed E-state index contributed by atoms with van der Waals surface area (Å²) < 4.78 is 6.21. The highest BCUT2D eigenvalue weighted by Gasteiger charge is 2.41. The van der Waals surface area contributed by atoms with Crippen LogP contribution in [0.4, 0.5) is 11.8 Å². The Bertz CT molecular complexity index is 1150. The number of aliphatic hydroxyl groups excluding tert-OH is 3. The van der Waals surface area contributed by atoms with Crippen LogP contribution in [0.5, 0.6) is 0 Å². The Morgan fingerprint density at radius 1 is 1.03 bits per heavy atom. The molecule has 4 atom stereocenters. The average Bonchev–Trinajstić information content (AvgIpc) is 3.33.